The van der Waals surface area contributed by atoms with E-state index >= 15 is 0 Å². The number of nitrogens with zero attached hydrogens (tertiary/aromatic N) is 6. The first-order valence-electron chi connectivity index (χ1n) is 18.2. The summed E-state index contributed by atoms with van der Waals surface area (Å²) in [6, 6.07) is 11.4. The number of hydrogen-bond acceptors (Lipinski definition) is 10. The van der Waals surface area contributed by atoms with Gasteiger partial charge in [-0.15, -0.1) is 0 Å². The first-order chi connectivity index (χ1) is 25.4. The van der Waals surface area contributed by atoms with Crippen LogP contribution in [0.3, 0.4) is 0 Å². The number of fused-ring (bicyclic) bond motifs is 2. The molecule has 2 aromatic carbocycles. The zero-order chi connectivity index (χ0) is 37.2. The number of nitrogens with one attached hydrogen (secondary N) is 1. The Labute approximate surface area is 308 Å². The van der Waals surface area contributed by atoms with Gasteiger partial charge in [-0.3, -0.25) is 29.4 Å². The summed E-state index contributed by atoms with van der Waals surface area (Å²) in [4.78, 5) is 64.0. The van der Waals surface area contributed by atoms with E-state index in [-0.39, 0.29) is 29.3 Å². The van der Waals surface area contributed by atoms with Crippen LogP contribution in [0, 0.1) is 0 Å². The minimum atomic E-state index is -0.636. The zero-order valence-electron chi connectivity index (χ0n) is 30.9. The molecule has 4 aromatic rings. The number of imide groups is 1. The molecule has 3 amide bonds. The molecule has 1 N–H and O–H groups in total. The van der Waals surface area contributed by atoms with Gasteiger partial charge in [0.25, 0.3) is 11.5 Å². The SMILES string of the molecule is COc1cc(-c2cn(C)c(=O)c3cnc(N4CCC4)cc23)cc(OC)c1CN1CCN(c2ccc3c(c2)C(=O)N(C2CCC(=O)NC2=O)C3)CC1(C)C. The number of carbonyl (C=O) groups is 3. The van der Waals surface area contributed by atoms with Crippen LogP contribution in [-0.4, -0.2) is 95.6 Å². The van der Waals surface area contributed by atoms with Crippen molar-refractivity contribution in [1.29, 1.82) is 0 Å². The summed E-state index contributed by atoms with van der Waals surface area (Å²) in [5.74, 6) is 1.41. The van der Waals surface area contributed by atoms with Gasteiger partial charge >= 0.3 is 0 Å². The molecule has 4 aliphatic rings. The summed E-state index contributed by atoms with van der Waals surface area (Å²) in [6.45, 7) is 9.52. The maximum Gasteiger partial charge on any atom is 0.259 e. The number of pyridine rings is 2. The Morgan fingerprint density at radius 2 is 1.66 bits per heavy atom. The Balaban J connectivity index is 1.04. The van der Waals surface area contributed by atoms with Gasteiger partial charge in [0.2, 0.25) is 11.8 Å². The Morgan fingerprint density at radius 3 is 2.32 bits per heavy atom. The molecule has 276 valence electrons. The third-order valence-electron chi connectivity index (χ3n) is 11.5. The fraction of sp³-hybridized carbons (Fsp3) is 0.425. The lowest BCUT2D eigenvalue weighted by Gasteiger charge is -2.48. The maximum absolute atomic E-state index is 13.5. The van der Waals surface area contributed by atoms with E-state index < -0.39 is 11.9 Å². The largest absolute Gasteiger partial charge is 0.496 e. The fourth-order valence-electron chi connectivity index (χ4n) is 8.23. The van der Waals surface area contributed by atoms with E-state index in [1.54, 1.807) is 36.9 Å². The summed E-state index contributed by atoms with van der Waals surface area (Å²) in [5, 5.41) is 3.78. The molecule has 53 heavy (non-hydrogen) atoms. The van der Waals surface area contributed by atoms with Gasteiger partial charge in [0.05, 0.1) is 25.2 Å². The number of piperidine rings is 1. The first kappa shape index (κ1) is 34.6. The van der Waals surface area contributed by atoms with Gasteiger partial charge in [-0.25, -0.2) is 4.98 Å². The second-order valence-corrected chi connectivity index (χ2v) is 15.1. The van der Waals surface area contributed by atoms with Crippen LogP contribution < -0.4 is 30.1 Å². The van der Waals surface area contributed by atoms with Gasteiger partial charge in [-0.2, -0.15) is 0 Å². The highest BCUT2D eigenvalue weighted by Gasteiger charge is 2.40. The Bertz CT molecular complexity index is 2200. The van der Waals surface area contributed by atoms with E-state index in [2.05, 4.69) is 44.9 Å². The van der Waals surface area contributed by atoms with Crippen LogP contribution >= 0.6 is 0 Å². The summed E-state index contributed by atoms with van der Waals surface area (Å²) >= 11 is 0. The predicted octanol–water partition coefficient (Wildman–Crippen LogP) is 3.69. The lowest BCUT2D eigenvalue weighted by Crippen LogP contribution is -2.59. The summed E-state index contributed by atoms with van der Waals surface area (Å²) in [6.07, 6.45) is 5.27. The Kier molecular flexibility index (Phi) is 8.63. The number of aromatic nitrogens is 2. The maximum atomic E-state index is 13.5. The highest BCUT2D eigenvalue weighted by molar-refractivity contribution is 6.05. The molecule has 0 saturated carbocycles. The van der Waals surface area contributed by atoms with Gasteiger partial charge in [-0.05, 0) is 68.1 Å². The normalized spacial score (nSPS) is 20.1. The summed E-state index contributed by atoms with van der Waals surface area (Å²) in [5.41, 5.74) is 4.84. The quantitative estimate of drug-likeness (QED) is 0.270. The second-order valence-electron chi connectivity index (χ2n) is 15.1. The number of ether oxygens (including phenoxy) is 2. The van der Waals surface area contributed by atoms with E-state index in [0.29, 0.717) is 42.0 Å². The minimum absolute atomic E-state index is 0.0935. The average Bonchev–Trinajstić information content (AvgIpc) is 3.44. The number of amides is 3. The lowest BCUT2D eigenvalue weighted by atomic mass is 9.95. The van der Waals surface area contributed by atoms with Crippen LogP contribution in [0.2, 0.25) is 0 Å². The summed E-state index contributed by atoms with van der Waals surface area (Å²) in [7, 11) is 5.11. The molecule has 0 aliphatic carbocycles. The van der Waals surface area contributed by atoms with Crippen molar-refractivity contribution in [2.45, 2.75) is 57.8 Å². The molecule has 13 heteroatoms. The predicted molar refractivity (Wildman–Crippen MR) is 202 cm³/mol. The lowest BCUT2D eigenvalue weighted by molar-refractivity contribution is -0.136. The smallest absolute Gasteiger partial charge is 0.259 e. The molecule has 6 heterocycles. The van der Waals surface area contributed by atoms with Crippen molar-refractivity contribution in [2.75, 3.05) is 56.7 Å². The van der Waals surface area contributed by atoms with E-state index in [9.17, 15) is 19.2 Å². The van der Waals surface area contributed by atoms with Crippen LogP contribution in [0.25, 0.3) is 21.9 Å². The Hall–Kier alpha value is -5.43. The molecule has 0 bridgehead atoms. The van der Waals surface area contributed by atoms with Gasteiger partial charge < -0.3 is 28.7 Å². The standard InChI is InChI=1S/C40H45N7O6/c1-40(2)23-45(26-8-7-24-20-47(39(51)27(24)17-26)32-9-10-36(48)42-37(32)49)13-14-46(40)22-31-33(52-4)15-25(16-34(31)53-5)30-21-43(3)38(50)29-19-41-35(18-28(29)30)44-11-6-12-44/h7-8,15-19,21,32H,6,9-14,20,22-23H2,1-5H3,(H,42,48,49). The molecular formula is C40H45N7O6. The molecule has 8 rings (SSSR count). The van der Waals surface area contributed by atoms with E-state index in [4.69, 9.17) is 9.47 Å². The fourth-order valence-corrected chi connectivity index (χ4v) is 8.23. The average molecular weight is 720 g/mol. The van der Waals surface area contributed by atoms with Crippen molar-refractivity contribution in [3.05, 3.63) is 75.8 Å². The molecule has 3 fully saturated rings. The number of methoxy groups -OCH3 is 2. The number of rotatable bonds is 8. The van der Waals surface area contributed by atoms with Gasteiger partial charge in [0.1, 0.15) is 23.4 Å². The zero-order valence-corrected chi connectivity index (χ0v) is 30.9. The van der Waals surface area contributed by atoms with Crippen LogP contribution in [0.5, 0.6) is 11.5 Å². The van der Waals surface area contributed by atoms with Crippen molar-refractivity contribution in [3.8, 4) is 22.6 Å². The first-order valence-corrected chi connectivity index (χ1v) is 18.2. The summed E-state index contributed by atoms with van der Waals surface area (Å²) < 4.78 is 13.7. The molecule has 13 nitrogen and oxygen atoms in total. The van der Waals surface area contributed by atoms with Crippen molar-refractivity contribution in [3.63, 3.8) is 0 Å². The van der Waals surface area contributed by atoms with Gasteiger partial charge in [0.15, 0.2) is 0 Å². The van der Waals surface area contributed by atoms with Gasteiger partial charge in [0, 0.05) is 99.4 Å². The van der Waals surface area contributed by atoms with Crippen molar-refractivity contribution in [1.82, 2.24) is 24.7 Å². The molecule has 2 aromatic heterocycles. The molecule has 0 radical (unpaired) electrons. The number of aryl methyl sites for hydroxylation is 1. The van der Waals surface area contributed by atoms with E-state index in [1.807, 2.05) is 36.5 Å². The molecule has 1 atom stereocenters. The highest BCUT2D eigenvalue weighted by Crippen LogP contribution is 2.40. The Morgan fingerprint density at radius 1 is 0.906 bits per heavy atom. The molecule has 1 unspecified atom stereocenters. The second kappa shape index (κ2) is 13.2. The van der Waals surface area contributed by atoms with Gasteiger partial charge in [-0.1, -0.05) is 6.07 Å². The number of piperazine rings is 1. The number of benzene rings is 2. The molecule has 3 saturated heterocycles. The van der Waals surface area contributed by atoms with Crippen LogP contribution in [-0.2, 0) is 29.7 Å². The van der Waals surface area contributed by atoms with Crippen LogP contribution in [0.15, 0.2) is 53.6 Å². The molecule has 4 aliphatic heterocycles. The van der Waals surface area contributed by atoms with Crippen LogP contribution in [0.4, 0.5) is 11.5 Å². The number of carbonyl (C=O) groups excluding carboxylic acids is 3. The van der Waals surface area contributed by atoms with Crippen molar-refractivity contribution >= 4 is 40.0 Å². The van der Waals surface area contributed by atoms with E-state index in [1.165, 1.54) is 0 Å². The van der Waals surface area contributed by atoms with Crippen molar-refractivity contribution in [2.24, 2.45) is 7.05 Å². The topological polar surface area (TPSA) is 130 Å². The van der Waals surface area contributed by atoms with Crippen molar-refractivity contribution < 1.29 is 23.9 Å². The monoisotopic (exact) mass is 719 g/mol. The minimum Gasteiger partial charge on any atom is -0.496 e. The molecule has 0 spiro atoms. The van der Waals surface area contributed by atoms with Crippen LogP contribution in [0.1, 0.15) is 54.6 Å². The number of anilines is 2. The molecular weight excluding hydrogens is 674 g/mol. The number of hydrogen-bond donors (Lipinski definition) is 1. The van der Waals surface area contributed by atoms with E-state index in [0.717, 1.165) is 78.3 Å². The third kappa shape index (κ3) is 6.06. The highest BCUT2D eigenvalue weighted by atomic mass is 16.5. The third-order valence-corrected chi connectivity index (χ3v) is 11.5.